The van der Waals surface area contributed by atoms with Gasteiger partial charge in [-0.2, -0.15) is 10.1 Å². The van der Waals surface area contributed by atoms with Gasteiger partial charge in [0.15, 0.2) is 0 Å². The Bertz CT molecular complexity index is 1160. The van der Waals surface area contributed by atoms with Gasteiger partial charge in [-0.1, -0.05) is 74.8 Å². The lowest BCUT2D eigenvalue weighted by atomic mass is 9.86. The number of rotatable bonds is 5. The van der Waals surface area contributed by atoms with E-state index in [2.05, 4.69) is 55.5 Å². The minimum absolute atomic E-state index is 0.0775. The summed E-state index contributed by atoms with van der Waals surface area (Å²) in [7, 11) is 0. The summed E-state index contributed by atoms with van der Waals surface area (Å²) >= 11 is 5.99. The molecule has 32 heavy (non-hydrogen) atoms. The molecule has 0 spiro atoms. The number of halogens is 1. The first-order valence-corrected chi connectivity index (χ1v) is 11.0. The number of carbonyl (C=O) groups excluding carboxylic acids is 1. The summed E-state index contributed by atoms with van der Waals surface area (Å²) in [6.45, 7) is 6.98. The number of anilines is 2. The second-order valence-corrected chi connectivity index (χ2v) is 9.23. The monoisotopic (exact) mass is 443 g/mol. The van der Waals surface area contributed by atoms with Crippen LogP contribution in [0.5, 0.6) is 0 Å². The standard InChI is InChI=1S/C27H26ClN3O/c1-27(2,3)20-11-9-19(10-12-20)17-24-25(18-29-22-15-13-21(28)14-16-22)30-31(26(24)32)23-7-5-4-6-8-23/h4-17,29H,18H2,1-3H3. The van der Waals surface area contributed by atoms with E-state index < -0.39 is 0 Å². The Morgan fingerprint density at radius 1 is 0.938 bits per heavy atom. The van der Waals surface area contributed by atoms with Gasteiger partial charge in [0.1, 0.15) is 0 Å². The fourth-order valence-corrected chi connectivity index (χ4v) is 3.60. The average molecular weight is 444 g/mol. The molecule has 0 saturated carbocycles. The van der Waals surface area contributed by atoms with Crippen molar-refractivity contribution in [2.75, 3.05) is 16.9 Å². The lowest BCUT2D eigenvalue weighted by Crippen LogP contribution is -2.22. The summed E-state index contributed by atoms with van der Waals surface area (Å²) in [4.78, 5) is 13.3. The molecule has 0 unspecified atom stereocenters. The number of hydrazone groups is 1. The second-order valence-electron chi connectivity index (χ2n) is 8.79. The van der Waals surface area contributed by atoms with E-state index >= 15 is 0 Å². The summed E-state index contributed by atoms with van der Waals surface area (Å²) < 4.78 is 0. The zero-order chi connectivity index (χ0) is 22.7. The summed E-state index contributed by atoms with van der Waals surface area (Å²) in [6.07, 6.45) is 1.92. The van der Waals surface area contributed by atoms with Crippen LogP contribution in [-0.4, -0.2) is 18.2 Å². The molecule has 1 aliphatic rings. The summed E-state index contributed by atoms with van der Waals surface area (Å²) in [6, 6.07) is 25.3. The van der Waals surface area contributed by atoms with Crippen LogP contribution in [0.2, 0.25) is 5.02 Å². The number of para-hydroxylation sites is 1. The summed E-state index contributed by atoms with van der Waals surface area (Å²) in [5, 5.41) is 10.1. The van der Waals surface area contributed by atoms with Crippen molar-refractivity contribution >= 4 is 40.7 Å². The van der Waals surface area contributed by atoms with Crippen LogP contribution in [0.3, 0.4) is 0 Å². The Morgan fingerprint density at radius 3 is 2.22 bits per heavy atom. The molecular weight excluding hydrogens is 418 g/mol. The number of carbonyl (C=O) groups is 1. The van der Waals surface area contributed by atoms with Crippen LogP contribution in [0, 0.1) is 0 Å². The lowest BCUT2D eigenvalue weighted by molar-refractivity contribution is -0.114. The number of benzene rings is 3. The molecule has 1 heterocycles. The van der Waals surface area contributed by atoms with Crippen LogP contribution >= 0.6 is 11.6 Å². The van der Waals surface area contributed by atoms with Crippen molar-refractivity contribution in [3.05, 3.63) is 101 Å². The average Bonchev–Trinajstić information content (AvgIpc) is 3.09. The zero-order valence-corrected chi connectivity index (χ0v) is 19.2. The third-order valence-electron chi connectivity index (χ3n) is 5.35. The molecule has 1 aliphatic heterocycles. The van der Waals surface area contributed by atoms with Crippen molar-refractivity contribution in [3.63, 3.8) is 0 Å². The predicted molar refractivity (Wildman–Crippen MR) is 134 cm³/mol. The van der Waals surface area contributed by atoms with Gasteiger partial charge in [0.05, 0.1) is 23.5 Å². The Hall–Kier alpha value is -3.37. The molecule has 3 aromatic rings. The van der Waals surface area contributed by atoms with Crippen molar-refractivity contribution < 1.29 is 4.79 Å². The second kappa shape index (κ2) is 9.01. The smallest absolute Gasteiger partial charge is 0.280 e. The van der Waals surface area contributed by atoms with Gasteiger partial charge in [-0.25, -0.2) is 0 Å². The Morgan fingerprint density at radius 2 is 1.59 bits per heavy atom. The fraction of sp³-hybridized carbons (Fsp3) is 0.185. The Labute approximate surface area is 194 Å². The molecule has 4 nitrogen and oxygen atoms in total. The van der Waals surface area contributed by atoms with Gasteiger partial charge in [0.2, 0.25) is 0 Å². The molecular formula is C27H26ClN3O. The Kier molecular flexibility index (Phi) is 6.15. The van der Waals surface area contributed by atoms with E-state index in [9.17, 15) is 4.79 Å². The molecule has 0 aliphatic carbocycles. The molecule has 0 fully saturated rings. The third kappa shape index (κ3) is 4.92. The maximum atomic E-state index is 13.3. The maximum Gasteiger partial charge on any atom is 0.280 e. The van der Waals surface area contributed by atoms with E-state index in [4.69, 9.17) is 11.6 Å². The molecule has 4 rings (SSSR count). The van der Waals surface area contributed by atoms with Gasteiger partial charge in [0, 0.05) is 10.7 Å². The molecule has 0 bridgehead atoms. The van der Waals surface area contributed by atoms with E-state index in [-0.39, 0.29) is 11.3 Å². The first kappa shape index (κ1) is 21.8. The highest BCUT2D eigenvalue weighted by Gasteiger charge is 2.31. The van der Waals surface area contributed by atoms with Crippen LogP contribution < -0.4 is 10.3 Å². The van der Waals surface area contributed by atoms with Crippen LogP contribution in [0.1, 0.15) is 31.9 Å². The zero-order valence-electron chi connectivity index (χ0n) is 18.5. The van der Waals surface area contributed by atoms with Crippen LogP contribution in [0.25, 0.3) is 6.08 Å². The van der Waals surface area contributed by atoms with Crippen molar-refractivity contribution in [1.82, 2.24) is 0 Å². The van der Waals surface area contributed by atoms with E-state index in [1.54, 1.807) is 0 Å². The highest BCUT2D eigenvalue weighted by atomic mass is 35.5. The number of hydrogen-bond acceptors (Lipinski definition) is 3. The number of nitrogens with one attached hydrogen (secondary N) is 1. The molecule has 3 aromatic carbocycles. The molecule has 1 amide bonds. The maximum absolute atomic E-state index is 13.3. The van der Waals surface area contributed by atoms with Gasteiger partial charge in [-0.05, 0) is 59.0 Å². The normalized spacial score (nSPS) is 15.2. The van der Waals surface area contributed by atoms with E-state index in [0.29, 0.717) is 22.9 Å². The quantitative estimate of drug-likeness (QED) is 0.455. The number of amides is 1. The molecule has 0 radical (unpaired) electrons. The topological polar surface area (TPSA) is 44.7 Å². The van der Waals surface area contributed by atoms with E-state index in [1.165, 1.54) is 10.6 Å². The van der Waals surface area contributed by atoms with E-state index in [0.717, 1.165) is 16.9 Å². The van der Waals surface area contributed by atoms with Crippen LogP contribution in [-0.2, 0) is 10.2 Å². The molecule has 1 N–H and O–H groups in total. The SMILES string of the molecule is CC(C)(C)c1ccc(C=C2C(=O)N(c3ccccc3)N=C2CNc2ccc(Cl)cc2)cc1. The predicted octanol–water partition coefficient (Wildman–Crippen LogP) is 6.54. The molecule has 0 saturated heterocycles. The van der Waals surface area contributed by atoms with Crippen molar-refractivity contribution in [3.8, 4) is 0 Å². The number of nitrogens with zero attached hydrogens (tertiary/aromatic N) is 2. The fourth-order valence-electron chi connectivity index (χ4n) is 3.48. The highest BCUT2D eigenvalue weighted by molar-refractivity contribution is 6.33. The lowest BCUT2D eigenvalue weighted by Gasteiger charge is -2.18. The largest absolute Gasteiger partial charge is 0.379 e. The van der Waals surface area contributed by atoms with Crippen LogP contribution in [0.15, 0.2) is 89.5 Å². The van der Waals surface area contributed by atoms with Crippen molar-refractivity contribution in [1.29, 1.82) is 0 Å². The molecule has 0 aromatic heterocycles. The Balaban J connectivity index is 1.64. The van der Waals surface area contributed by atoms with Gasteiger partial charge in [0.25, 0.3) is 5.91 Å². The number of hydrogen-bond donors (Lipinski definition) is 1. The first-order valence-electron chi connectivity index (χ1n) is 10.6. The third-order valence-corrected chi connectivity index (χ3v) is 5.60. The first-order chi connectivity index (χ1) is 15.3. The van der Waals surface area contributed by atoms with Gasteiger partial charge in [-0.15, -0.1) is 0 Å². The van der Waals surface area contributed by atoms with Gasteiger partial charge < -0.3 is 5.32 Å². The minimum Gasteiger partial charge on any atom is -0.379 e. The van der Waals surface area contributed by atoms with E-state index in [1.807, 2.05) is 60.7 Å². The summed E-state index contributed by atoms with van der Waals surface area (Å²) in [5.41, 5.74) is 5.22. The van der Waals surface area contributed by atoms with Crippen LogP contribution in [0.4, 0.5) is 11.4 Å². The minimum atomic E-state index is -0.135. The van der Waals surface area contributed by atoms with Crippen molar-refractivity contribution in [2.24, 2.45) is 5.10 Å². The van der Waals surface area contributed by atoms with Gasteiger partial charge in [-0.3, -0.25) is 4.79 Å². The van der Waals surface area contributed by atoms with Crippen molar-refractivity contribution in [2.45, 2.75) is 26.2 Å². The molecule has 162 valence electrons. The van der Waals surface area contributed by atoms with Gasteiger partial charge >= 0.3 is 0 Å². The highest BCUT2D eigenvalue weighted by Crippen LogP contribution is 2.27. The summed E-state index contributed by atoms with van der Waals surface area (Å²) in [5.74, 6) is -0.135. The molecule has 0 atom stereocenters. The molecule has 5 heteroatoms.